The van der Waals surface area contributed by atoms with Crippen molar-refractivity contribution in [3.05, 3.63) is 29.8 Å². The molecule has 2 aliphatic carbocycles. The van der Waals surface area contributed by atoms with Gasteiger partial charge in [-0.15, -0.1) is 0 Å². The average Bonchev–Trinajstić information content (AvgIpc) is 3.39. The molecule has 3 rings (SSSR count). The number of carbonyl (C=O) groups is 2. The number of aliphatic carboxylic acids is 1. The highest BCUT2D eigenvalue weighted by Gasteiger charge is 2.45. The molecule has 22 heavy (non-hydrogen) atoms. The number of hydrogen-bond donors (Lipinski definition) is 2. The number of nitrogens with one attached hydrogen (secondary N) is 1. The largest absolute Gasteiger partial charge is 0.480 e. The Kier molecular flexibility index (Phi) is 4.05. The minimum absolute atomic E-state index is 0.0303. The maximum absolute atomic E-state index is 12.7. The van der Waals surface area contributed by atoms with Gasteiger partial charge in [0.05, 0.1) is 0 Å². The first-order valence-electron chi connectivity index (χ1n) is 7.89. The molecule has 2 fully saturated rings. The zero-order chi connectivity index (χ0) is 15.7. The molecule has 1 aromatic carbocycles. The molecule has 2 aliphatic rings. The normalized spacial score (nSPS) is 17.4. The summed E-state index contributed by atoms with van der Waals surface area (Å²) in [5.74, 6) is 0.462. The Morgan fingerprint density at radius 1 is 1.27 bits per heavy atom. The third kappa shape index (κ3) is 3.40. The minimum Gasteiger partial charge on any atom is -0.480 e. The van der Waals surface area contributed by atoms with Crippen LogP contribution in [0.25, 0.3) is 0 Å². The van der Waals surface area contributed by atoms with Gasteiger partial charge in [-0.05, 0) is 55.7 Å². The van der Waals surface area contributed by atoms with Crippen LogP contribution in [0, 0.1) is 11.8 Å². The number of carbonyl (C=O) groups excluding carboxylic acids is 1. The van der Waals surface area contributed by atoms with Crippen LogP contribution in [0.4, 0.5) is 5.69 Å². The molecule has 0 saturated heterocycles. The van der Waals surface area contributed by atoms with E-state index < -0.39 is 5.97 Å². The Morgan fingerprint density at radius 2 is 1.91 bits per heavy atom. The number of anilines is 1. The zero-order valence-electron chi connectivity index (χ0n) is 12.8. The molecule has 0 aromatic heterocycles. The number of carboxylic acids is 1. The number of amides is 1. The lowest BCUT2D eigenvalue weighted by atomic mass is 10.0. The Morgan fingerprint density at radius 3 is 2.45 bits per heavy atom. The van der Waals surface area contributed by atoms with Crippen molar-refractivity contribution in [2.45, 2.75) is 31.7 Å². The van der Waals surface area contributed by atoms with Crippen LogP contribution in [-0.4, -0.2) is 41.5 Å². The first-order valence-corrected chi connectivity index (χ1v) is 7.89. The fourth-order valence-corrected chi connectivity index (χ4v) is 3.17. The fraction of sp³-hybridized carbons (Fsp3) is 0.529. The van der Waals surface area contributed by atoms with Crippen LogP contribution >= 0.6 is 0 Å². The Labute approximate surface area is 130 Å². The summed E-state index contributed by atoms with van der Waals surface area (Å²) in [5, 5.41) is 11.5. The van der Waals surface area contributed by atoms with E-state index in [-0.39, 0.29) is 12.5 Å². The van der Waals surface area contributed by atoms with Gasteiger partial charge in [-0.1, -0.05) is 6.07 Å². The van der Waals surface area contributed by atoms with E-state index >= 15 is 0 Å². The Hall–Kier alpha value is -2.04. The molecule has 2 N–H and O–H groups in total. The molecule has 5 heteroatoms. The third-order valence-electron chi connectivity index (χ3n) is 4.53. The van der Waals surface area contributed by atoms with Gasteiger partial charge in [0.1, 0.15) is 6.54 Å². The molecular weight excluding hydrogens is 280 g/mol. The molecule has 1 amide bonds. The van der Waals surface area contributed by atoms with Crippen LogP contribution < -0.4 is 5.32 Å². The van der Waals surface area contributed by atoms with Crippen molar-refractivity contribution in [1.82, 2.24) is 4.90 Å². The van der Waals surface area contributed by atoms with Crippen LogP contribution in [0.2, 0.25) is 0 Å². The average molecular weight is 302 g/mol. The first-order chi connectivity index (χ1) is 10.6. The lowest BCUT2D eigenvalue weighted by Crippen LogP contribution is -2.40. The van der Waals surface area contributed by atoms with E-state index in [4.69, 9.17) is 5.11 Å². The summed E-state index contributed by atoms with van der Waals surface area (Å²) < 4.78 is 0. The summed E-state index contributed by atoms with van der Waals surface area (Å²) in [5.41, 5.74) is 1.28. The van der Waals surface area contributed by atoms with Gasteiger partial charge in [0.25, 0.3) is 5.91 Å². The van der Waals surface area contributed by atoms with Crippen LogP contribution in [0.1, 0.15) is 36.0 Å². The number of nitrogens with zero attached hydrogens (tertiary/aromatic N) is 1. The van der Waals surface area contributed by atoms with Crippen molar-refractivity contribution in [2.24, 2.45) is 11.8 Å². The monoisotopic (exact) mass is 302 g/mol. The molecular formula is C17H22N2O3. The van der Waals surface area contributed by atoms with Crippen molar-refractivity contribution in [3.63, 3.8) is 0 Å². The zero-order valence-corrected chi connectivity index (χ0v) is 12.8. The van der Waals surface area contributed by atoms with Gasteiger partial charge in [-0.2, -0.15) is 0 Å². The standard InChI is InChI=1S/C17H22N2O3/c1-19(16(11-5-6-11)12-7-8-12)17(22)13-3-2-4-14(9-13)18-10-15(20)21/h2-4,9,11-12,16,18H,5-8,10H2,1H3,(H,20,21). The maximum Gasteiger partial charge on any atom is 0.322 e. The molecule has 1 aromatic rings. The first kappa shape index (κ1) is 14.9. The molecule has 0 bridgehead atoms. The van der Waals surface area contributed by atoms with E-state index in [0.717, 1.165) is 0 Å². The summed E-state index contributed by atoms with van der Waals surface area (Å²) in [6.07, 6.45) is 4.94. The predicted molar refractivity (Wildman–Crippen MR) is 83.9 cm³/mol. The molecule has 118 valence electrons. The summed E-state index contributed by atoms with van der Waals surface area (Å²) in [7, 11) is 1.90. The molecule has 0 heterocycles. The summed E-state index contributed by atoms with van der Waals surface area (Å²) in [4.78, 5) is 25.2. The van der Waals surface area contributed by atoms with Gasteiger partial charge < -0.3 is 15.3 Å². The molecule has 5 nitrogen and oxygen atoms in total. The van der Waals surface area contributed by atoms with Gasteiger partial charge in [0.2, 0.25) is 0 Å². The van der Waals surface area contributed by atoms with Crippen LogP contribution in [0.5, 0.6) is 0 Å². The van der Waals surface area contributed by atoms with E-state index in [1.54, 1.807) is 24.3 Å². The molecule has 0 spiro atoms. The highest BCUT2D eigenvalue weighted by Crippen LogP contribution is 2.47. The van der Waals surface area contributed by atoms with Gasteiger partial charge in [-0.3, -0.25) is 9.59 Å². The second-order valence-electron chi connectivity index (χ2n) is 6.41. The second kappa shape index (κ2) is 5.99. The molecule has 2 saturated carbocycles. The van der Waals surface area contributed by atoms with E-state index in [0.29, 0.717) is 29.1 Å². The minimum atomic E-state index is -0.920. The second-order valence-corrected chi connectivity index (χ2v) is 6.41. The van der Waals surface area contributed by atoms with Crippen LogP contribution in [0.15, 0.2) is 24.3 Å². The summed E-state index contributed by atoms with van der Waals surface area (Å²) >= 11 is 0. The SMILES string of the molecule is CN(C(=O)c1cccc(NCC(=O)O)c1)C(C1CC1)C1CC1. The molecule has 0 radical (unpaired) electrons. The van der Waals surface area contributed by atoms with Crippen molar-refractivity contribution in [2.75, 3.05) is 18.9 Å². The third-order valence-corrected chi connectivity index (χ3v) is 4.53. The number of carboxylic acid groups (broad SMARTS) is 1. The number of hydrogen-bond acceptors (Lipinski definition) is 3. The topological polar surface area (TPSA) is 69.6 Å². The van der Waals surface area contributed by atoms with Crippen molar-refractivity contribution in [3.8, 4) is 0 Å². The maximum atomic E-state index is 12.7. The van der Waals surface area contributed by atoms with E-state index in [9.17, 15) is 9.59 Å². The molecule has 0 aliphatic heterocycles. The Balaban J connectivity index is 1.70. The summed E-state index contributed by atoms with van der Waals surface area (Å²) in [6, 6.07) is 7.47. The van der Waals surface area contributed by atoms with Crippen LogP contribution in [-0.2, 0) is 4.79 Å². The highest BCUT2D eigenvalue weighted by molar-refractivity contribution is 5.95. The van der Waals surface area contributed by atoms with Crippen LogP contribution in [0.3, 0.4) is 0 Å². The lowest BCUT2D eigenvalue weighted by molar-refractivity contribution is -0.134. The number of rotatable bonds is 7. The molecule has 0 unspecified atom stereocenters. The van der Waals surface area contributed by atoms with Gasteiger partial charge in [0.15, 0.2) is 0 Å². The van der Waals surface area contributed by atoms with Crippen molar-refractivity contribution < 1.29 is 14.7 Å². The smallest absolute Gasteiger partial charge is 0.322 e. The molecule has 0 atom stereocenters. The van der Waals surface area contributed by atoms with Crippen molar-refractivity contribution >= 4 is 17.6 Å². The van der Waals surface area contributed by atoms with Gasteiger partial charge in [0, 0.05) is 24.3 Å². The van der Waals surface area contributed by atoms with Crippen molar-refractivity contribution in [1.29, 1.82) is 0 Å². The highest BCUT2D eigenvalue weighted by atomic mass is 16.4. The quantitative estimate of drug-likeness (QED) is 0.811. The Bertz CT molecular complexity index is 567. The van der Waals surface area contributed by atoms with E-state index in [1.165, 1.54) is 25.7 Å². The summed E-state index contributed by atoms with van der Waals surface area (Å²) in [6.45, 7) is -0.153. The van der Waals surface area contributed by atoms with Gasteiger partial charge in [-0.25, -0.2) is 0 Å². The van der Waals surface area contributed by atoms with Gasteiger partial charge >= 0.3 is 5.97 Å². The fourth-order valence-electron chi connectivity index (χ4n) is 3.17. The van der Waals surface area contributed by atoms with E-state index in [1.807, 2.05) is 11.9 Å². The number of benzene rings is 1. The lowest BCUT2D eigenvalue weighted by Gasteiger charge is -2.28. The van der Waals surface area contributed by atoms with E-state index in [2.05, 4.69) is 5.32 Å². The predicted octanol–water partition coefficient (Wildman–Crippen LogP) is 2.44.